The molecule has 0 amide bonds. The van der Waals surface area contributed by atoms with Crippen molar-refractivity contribution in [2.24, 2.45) is 0 Å². The summed E-state index contributed by atoms with van der Waals surface area (Å²) in [7, 11) is 0. The Bertz CT molecular complexity index is 598. The monoisotopic (exact) mass is 304 g/mol. The Morgan fingerprint density at radius 2 is 2.17 bits per heavy atom. The molecule has 1 aromatic heterocycles. The van der Waals surface area contributed by atoms with Crippen LogP contribution < -0.4 is 10.1 Å². The van der Waals surface area contributed by atoms with E-state index in [2.05, 4.69) is 32.3 Å². The molecule has 0 atom stereocenters. The first kappa shape index (κ1) is 11.5. The van der Waals surface area contributed by atoms with Gasteiger partial charge in [-0.15, -0.1) is 0 Å². The summed E-state index contributed by atoms with van der Waals surface area (Å²) in [5, 5.41) is 3.31. The summed E-state index contributed by atoms with van der Waals surface area (Å²) in [5.41, 5.74) is 3.28. The second-order valence-corrected chi connectivity index (χ2v) is 5.16. The van der Waals surface area contributed by atoms with Gasteiger partial charge in [0, 0.05) is 16.6 Å². The van der Waals surface area contributed by atoms with Crippen LogP contribution >= 0.6 is 15.9 Å². The van der Waals surface area contributed by atoms with Crippen LogP contribution in [0.2, 0.25) is 0 Å². The normalized spacial score (nSPS) is 13.0. The Morgan fingerprint density at radius 1 is 1.28 bits per heavy atom. The van der Waals surface area contributed by atoms with E-state index in [4.69, 9.17) is 4.74 Å². The van der Waals surface area contributed by atoms with E-state index in [1.807, 2.05) is 31.2 Å². The molecule has 18 heavy (non-hydrogen) atoms. The van der Waals surface area contributed by atoms with Crippen LogP contribution in [-0.4, -0.2) is 11.6 Å². The van der Waals surface area contributed by atoms with Crippen LogP contribution in [0.1, 0.15) is 11.3 Å². The van der Waals surface area contributed by atoms with E-state index in [1.165, 1.54) is 5.56 Å². The minimum absolute atomic E-state index is 0.786. The highest BCUT2D eigenvalue weighted by atomic mass is 79.9. The molecule has 3 nitrogen and oxygen atoms in total. The summed E-state index contributed by atoms with van der Waals surface area (Å²) in [6.45, 7) is 2.76. The highest BCUT2D eigenvalue weighted by Crippen LogP contribution is 2.29. The van der Waals surface area contributed by atoms with Crippen molar-refractivity contribution in [2.45, 2.75) is 13.3 Å². The third-order valence-electron chi connectivity index (χ3n) is 2.98. The average Bonchev–Trinajstić information content (AvgIpc) is 2.81. The van der Waals surface area contributed by atoms with Gasteiger partial charge in [0.1, 0.15) is 11.6 Å². The van der Waals surface area contributed by atoms with Gasteiger partial charge in [-0.3, -0.25) is 0 Å². The molecule has 0 unspecified atom stereocenters. The lowest BCUT2D eigenvalue weighted by molar-refractivity contribution is 0.357. The van der Waals surface area contributed by atoms with E-state index in [9.17, 15) is 0 Å². The minimum Gasteiger partial charge on any atom is -0.493 e. The van der Waals surface area contributed by atoms with E-state index in [0.29, 0.717) is 0 Å². The third kappa shape index (κ3) is 2.20. The zero-order valence-electron chi connectivity index (χ0n) is 10.0. The number of fused-ring (bicyclic) bond motifs is 1. The molecule has 2 heterocycles. The fourth-order valence-electron chi connectivity index (χ4n) is 2.03. The van der Waals surface area contributed by atoms with Crippen LogP contribution in [0, 0.1) is 6.92 Å². The lowest BCUT2D eigenvalue weighted by Gasteiger charge is -2.08. The largest absolute Gasteiger partial charge is 0.493 e. The predicted molar refractivity (Wildman–Crippen MR) is 75.6 cm³/mol. The molecule has 92 valence electrons. The molecule has 1 aromatic carbocycles. The van der Waals surface area contributed by atoms with Gasteiger partial charge in [-0.25, -0.2) is 4.98 Å². The van der Waals surface area contributed by atoms with Crippen molar-refractivity contribution in [2.75, 3.05) is 11.9 Å². The molecule has 0 saturated carbocycles. The van der Waals surface area contributed by atoms with Crippen molar-refractivity contribution in [3.63, 3.8) is 0 Å². The Labute approximate surface area is 114 Å². The quantitative estimate of drug-likeness (QED) is 0.915. The molecule has 0 aliphatic carbocycles. The maximum Gasteiger partial charge on any atom is 0.130 e. The van der Waals surface area contributed by atoms with Crippen LogP contribution in [0.4, 0.5) is 11.5 Å². The molecular weight excluding hydrogens is 292 g/mol. The first-order chi connectivity index (χ1) is 8.72. The van der Waals surface area contributed by atoms with Crippen molar-refractivity contribution in [1.82, 2.24) is 4.98 Å². The maximum absolute atomic E-state index is 5.49. The second kappa shape index (κ2) is 4.61. The van der Waals surface area contributed by atoms with Crippen molar-refractivity contribution in [3.8, 4) is 5.75 Å². The van der Waals surface area contributed by atoms with Gasteiger partial charge in [0.05, 0.1) is 12.3 Å². The Hall–Kier alpha value is -1.55. The van der Waals surface area contributed by atoms with Crippen molar-refractivity contribution in [1.29, 1.82) is 0 Å². The molecule has 0 radical (unpaired) electrons. The highest BCUT2D eigenvalue weighted by Gasteiger charge is 2.12. The lowest BCUT2D eigenvalue weighted by Crippen LogP contribution is -1.95. The first-order valence-corrected chi connectivity index (χ1v) is 6.67. The highest BCUT2D eigenvalue weighted by molar-refractivity contribution is 9.10. The molecule has 1 aliphatic heterocycles. The van der Waals surface area contributed by atoms with Crippen LogP contribution in [0.5, 0.6) is 5.75 Å². The van der Waals surface area contributed by atoms with Crippen molar-refractivity contribution in [3.05, 3.63) is 46.1 Å². The molecule has 0 saturated heterocycles. The molecule has 1 N–H and O–H groups in total. The molecule has 2 aromatic rings. The van der Waals surface area contributed by atoms with Crippen molar-refractivity contribution < 1.29 is 4.74 Å². The summed E-state index contributed by atoms with van der Waals surface area (Å²) in [5.74, 6) is 1.86. The van der Waals surface area contributed by atoms with Gasteiger partial charge in [0.25, 0.3) is 0 Å². The molecule has 3 rings (SSSR count). The van der Waals surface area contributed by atoms with E-state index in [0.717, 1.165) is 40.4 Å². The van der Waals surface area contributed by atoms with Gasteiger partial charge < -0.3 is 10.1 Å². The third-order valence-corrected chi connectivity index (χ3v) is 3.82. The standard InChI is InChI=1S/C14H13BrN2O/c1-9-12(15)3-5-14(16-9)17-11-2-4-13-10(8-11)6-7-18-13/h2-5,8H,6-7H2,1H3,(H,16,17). The van der Waals surface area contributed by atoms with E-state index in [1.54, 1.807) is 0 Å². The average molecular weight is 305 g/mol. The van der Waals surface area contributed by atoms with Gasteiger partial charge in [-0.1, -0.05) is 0 Å². The van der Waals surface area contributed by atoms with E-state index >= 15 is 0 Å². The SMILES string of the molecule is Cc1nc(Nc2ccc3c(c2)CCO3)ccc1Br. The molecule has 0 fully saturated rings. The smallest absolute Gasteiger partial charge is 0.130 e. The van der Waals surface area contributed by atoms with E-state index < -0.39 is 0 Å². The lowest BCUT2D eigenvalue weighted by atomic mass is 10.1. The van der Waals surface area contributed by atoms with Crippen LogP contribution in [-0.2, 0) is 6.42 Å². The molecule has 4 heteroatoms. The van der Waals surface area contributed by atoms with Crippen LogP contribution in [0.25, 0.3) is 0 Å². The topological polar surface area (TPSA) is 34.2 Å². The summed E-state index contributed by atoms with van der Waals surface area (Å²) in [6, 6.07) is 10.1. The summed E-state index contributed by atoms with van der Waals surface area (Å²) in [6.07, 6.45) is 0.984. The van der Waals surface area contributed by atoms with Gasteiger partial charge >= 0.3 is 0 Å². The fourth-order valence-corrected chi connectivity index (χ4v) is 2.25. The van der Waals surface area contributed by atoms with Gasteiger partial charge in [-0.2, -0.15) is 0 Å². The van der Waals surface area contributed by atoms with Gasteiger partial charge in [0.2, 0.25) is 0 Å². The zero-order chi connectivity index (χ0) is 12.5. The number of rotatable bonds is 2. The van der Waals surface area contributed by atoms with Gasteiger partial charge in [-0.05, 0) is 58.7 Å². The minimum atomic E-state index is 0.786. The Morgan fingerprint density at radius 3 is 3.00 bits per heavy atom. The summed E-state index contributed by atoms with van der Waals surface area (Å²) in [4.78, 5) is 4.47. The Kier molecular flexibility index (Phi) is 2.96. The zero-order valence-corrected chi connectivity index (χ0v) is 11.6. The number of nitrogens with one attached hydrogen (secondary N) is 1. The number of pyridine rings is 1. The number of halogens is 1. The fraction of sp³-hybridized carbons (Fsp3) is 0.214. The number of aromatic nitrogens is 1. The number of hydrogen-bond donors (Lipinski definition) is 1. The number of aryl methyl sites for hydroxylation is 1. The molecule has 0 bridgehead atoms. The van der Waals surface area contributed by atoms with E-state index in [-0.39, 0.29) is 0 Å². The Balaban J connectivity index is 1.85. The number of anilines is 2. The van der Waals surface area contributed by atoms with Gasteiger partial charge in [0.15, 0.2) is 0 Å². The maximum atomic E-state index is 5.49. The molecular formula is C14H13BrN2O. The van der Waals surface area contributed by atoms with Crippen molar-refractivity contribution >= 4 is 27.4 Å². The number of hydrogen-bond acceptors (Lipinski definition) is 3. The molecule has 1 aliphatic rings. The van der Waals surface area contributed by atoms with Crippen LogP contribution in [0.3, 0.4) is 0 Å². The number of nitrogens with zero attached hydrogens (tertiary/aromatic N) is 1. The first-order valence-electron chi connectivity index (χ1n) is 5.88. The second-order valence-electron chi connectivity index (χ2n) is 4.31. The summed E-state index contributed by atoms with van der Waals surface area (Å²) < 4.78 is 6.51. The van der Waals surface area contributed by atoms with Crippen LogP contribution in [0.15, 0.2) is 34.8 Å². The molecule has 0 spiro atoms. The summed E-state index contributed by atoms with van der Waals surface area (Å²) >= 11 is 3.45. The number of benzene rings is 1. The predicted octanol–water partition coefficient (Wildman–Crippen LogP) is 3.83. The number of ether oxygens (including phenoxy) is 1.